The summed E-state index contributed by atoms with van der Waals surface area (Å²) in [5.41, 5.74) is 0.898. The van der Waals surface area contributed by atoms with Crippen molar-refractivity contribution in [3.8, 4) is 5.75 Å². The second kappa shape index (κ2) is 13.3. The van der Waals surface area contributed by atoms with Crippen LogP contribution >= 0.6 is 0 Å². The zero-order chi connectivity index (χ0) is 26.1. The molecule has 3 rings (SSSR count). The van der Waals surface area contributed by atoms with E-state index in [2.05, 4.69) is 21.3 Å². The van der Waals surface area contributed by atoms with E-state index in [4.69, 9.17) is 4.74 Å². The van der Waals surface area contributed by atoms with Crippen molar-refractivity contribution < 1.29 is 19.1 Å². The first-order valence-corrected chi connectivity index (χ1v) is 12.6. The second-order valence-corrected chi connectivity index (χ2v) is 9.75. The topological polar surface area (TPSA) is 109 Å². The van der Waals surface area contributed by atoms with Gasteiger partial charge in [-0.3, -0.25) is 14.4 Å². The van der Waals surface area contributed by atoms with Crippen LogP contribution in [-0.2, 0) is 14.4 Å². The molecule has 1 aromatic carbocycles. The highest BCUT2D eigenvalue weighted by Gasteiger charge is 2.38. The Balaban J connectivity index is 2.52. The molecule has 0 saturated carbocycles. The SMILES string of the molecule is CC[C@@H](C)[C@@H]1NC(=O)[C@H](NC(=O)[C@H](NC)[C@H](C)CC)[C@@H](C(C)C)Oc2ccc(cc2)/C=C/NC1=O. The molecule has 2 aliphatic heterocycles. The molecule has 2 aliphatic rings. The summed E-state index contributed by atoms with van der Waals surface area (Å²) in [6.07, 6.45) is 4.21. The molecule has 194 valence electrons. The lowest BCUT2D eigenvalue weighted by Crippen LogP contribution is -2.62. The first-order valence-electron chi connectivity index (χ1n) is 12.6. The van der Waals surface area contributed by atoms with Crippen LogP contribution in [-0.4, -0.2) is 49.0 Å². The minimum Gasteiger partial charge on any atom is -0.487 e. The highest BCUT2D eigenvalue weighted by Crippen LogP contribution is 2.21. The minimum atomic E-state index is -1.00. The molecule has 3 amide bonds. The summed E-state index contributed by atoms with van der Waals surface area (Å²) in [4.78, 5) is 40.0. The van der Waals surface area contributed by atoms with Crippen LogP contribution in [0.25, 0.3) is 6.08 Å². The molecule has 0 saturated heterocycles. The molecule has 0 aromatic heterocycles. The van der Waals surface area contributed by atoms with Gasteiger partial charge >= 0.3 is 0 Å². The summed E-state index contributed by atoms with van der Waals surface area (Å²) in [7, 11) is 1.73. The summed E-state index contributed by atoms with van der Waals surface area (Å²) < 4.78 is 6.29. The third-order valence-corrected chi connectivity index (χ3v) is 6.82. The summed E-state index contributed by atoms with van der Waals surface area (Å²) in [6.45, 7) is 11.8. The Hall–Kier alpha value is -2.87. The Morgan fingerprint density at radius 2 is 1.69 bits per heavy atom. The average Bonchev–Trinajstić information content (AvgIpc) is 2.84. The molecule has 0 aliphatic carbocycles. The molecule has 35 heavy (non-hydrogen) atoms. The van der Waals surface area contributed by atoms with Gasteiger partial charge in [0.05, 0.1) is 6.04 Å². The summed E-state index contributed by atoms with van der Waals surface area (Å²) >= 11 is 0. The Morgan fingerprint density at radius 1 is 1.03 bits per heavy atom. The van der Waals surface area contributed by atoms with Gasteiger partial charge in [-0.2, -0.15) is 0 Å². The van der Waals surface area contributed by atoms with Crippen molar-refractivity contribution in [3.05, 3.63) is 36.0 Å². The Bertz CT molecular complexity index is 884. The molecule has 0 radical (unpaired) electrons. The van der Waals surface area contributed by atoms with Gasteiger partial charge < -0.3 is 26.0 Å². The van der Waals surface area contributed by atoms with Crippen molar-refractivity contribution in [2.45, 2.75) is 78.6 Å². The zero-order valence-corrected chi connectivity index (χ0v) is 22.1. The maximum absolute atomic E-state index is 13.7. The van der Waals surface area contributed by atoms with E-state index in [1.165, 1.54) is 0 Å². The van der Waals surface area contributed by atoms with E-state index in [0.29, 0.717) is 12.2 Å². The smallest absolute Gasteiger partial charge is 0.247 e. The first-order chi connectivity index (χ1) is 16.6. The standard InChI is InChI=1S/C27H42N4O4/c1-8-17(5)21(28-7)26(33)31-23-24(16(3)4)35-20-12-10-19(11-13-20)14-15-29-25(32)22(18(6)9-2)30-27(23)34/h10-18,21-24,28H,8-9H2,1-7H3,(H,29,32)(H,30,34)(H,31,33)/b15-14+/t17-,18-,21-,22+,23-,24-/m1/s1. The maximum Gasteiger partial charge on any atom is 0.247 e. The molecule has 0 fully saturated rings. The van der Waals surface area contributed by atoms with Crippen LogP contribution in [0, 0.1) is 17.8 Å². The number of carbonyl (C=O) groups excluding carboxylic acids is 3. The Morgan fingerprint density at radius 3 is 2.23 bits per heavy atom. The van der Waals surface area contributed by atoms with Gasteiger partial charge in [0.15, 0.2) is 0 Å². The first kappa shape index (κ1) is 28.4. The number of fused-ring (bicyclic) bond motifs is 10. The highest BCUT2D eigenvalue weighted by atomic mass is 16.5. The number of benzene rings is 1. The van der Waals surface area contributed by atoms with Gasteiger partial charge in [-0.15, -0.1) is 0 Å². The number of likely N-dealkylation sites (N-methyl/N-ethyl adjacent to an activating group) is 1. The number of amides is 3. The molecule has 8 heteroatoms. The lowest BCUT2D eigenvalue weighted by atomic mass is 9.94. The minimum absolute atomic E-state index is 0.0676. The van der Waals surface area contributed by atoms with E-state index >= 15 is 0 Å². The third-order valence-electron chi connectivity index (χ3n) is 6.82. The van der Waals surface area contributed by atoms with E-state index in [0.717, 1.165) is 12.0 Å². The van der Waals surface area contributed by atoms with Gasteiger partial charge in [0, 0.05) is 6.20 Å². The van der Waals surface area contributed by atoms with Crippen molar-refractivity contribution >= 4 is 23.8 Å². The van der Waals surface area contributed by atoms with Crippen LogP contribution < -0.4 is 26.0 Å². The summed E-state index contributed by atoms with van der Waals surface area (Å²) in [6, 6.07) is 5.16. The molecule has 2 heterocycles. The lowest BCUT2D eigenvalue weighted by Gasteiger charge is -2.34. The lowest BCUT2D eigenvalue weighted by molar-refractivity contribution is -0.136. The van der Waals surface area contributed by atoms with Crippen LogP contribution in [0.3, 0.4) is 0 Å². The molecule has 0 spiro atoms. The number of hydrogen-bond acceptors (Lipinski definition) is 5. The van der Waals surface area contributed by atoms with Crippen molar-refractivity contribution in [3.63, 3.8) is 0 Å². The molecular formula is C27H42N4O4. The average molecular weight is 487 g/mol. The third kappa shape index (κ3) is 7.56. The number of rotatable bonds is 8. The number of nitrogens with one attached hydrogen (secondary N) is 4. The van der Waals surface area contributed by atoms with Crippen LogP contribution in [0.5, 0.6) is 5.75 Å². The van der Waals surface area contributed by atoms with E-state index in [1.807, 2.05) is 65.8 Å². The predicted molar refractivity (Wildman–Crippen MR) is 138 cm³/mol. The van der Waals surface area contributed by atoms with Gasteiger partial charge in [0.2, 0.25) is 17.7 Å². The Kier molecular flexibility index (Phi) is 10.8. The fraction of sp³-hybridized carbons (Fsp3) is 0.593. The zero-order valence-electron chi connectivity index (χ0n) is 22.1. The molecule has 6 atom stereocenters. The normalized spacial score (nSPS) is 24.4. The molecule has 0 unspecified atom stereocenters. The Labute approximate surface area is 209 Å². The van der Waals surface area contributed by atoms with Crippen LogP contribution in [0.4, 0.5) is 0 Å². The fourth-order valence-corrected chi connectivity index (χ4v) is 4.11. The van der Waals surface area contributed by atoms with Crippen molar-refractivity contribution in [2.24, 2.45) is 17.8 Å². The van der Waals surface area contributed by atoms with Crippen molar-refractivity contribution in [1.82, 2.24) is 21.3 Å². The van der Waals surface area contributed by atoms with Gasteiger partial charge in [-0.1, -0.05) is 66.5 Å². The summed E-state index contributed by atoms with van der Waals surface area (Å²) in [5, 5.41) is 11.7. The van der Waals surface area contributed by atoms with E-state index in [-0.39, 0.29) is 29.6 Å². The fourth-order valence-electron chi connectivity index (χ4n) is 4.11. The van der Waals surface area contributed by atoms with Crippen LogP contribution in [0.2, 0.25) is 0 Å². The van der Waals surface area contributed by atoms with Crippen molar-refractivity contribution in [2.75, 3.05) is 7.05 Å². The number of ether oxygens (including phenoxy) is 1. The van der Waals surface area contributed by atoms with Gasteiger partial charge in [-0.05, 0) is 48.6 Å². The summed E-state index contributed by atoms with van der Waals surface area (Å²) in [5.74, 6) is -0.589. The van der Waals surface area contributed by atoms with Crippen molar-refractivity contribution in [1.29, 1.82) is 0 Å². The van der Waals surface area contributed by atoms with Gasteiger partial charge in [0.25, 0.3) is 0 Å². The monoisotopic (exact) mass is 486 g/mol. The highest BCUT2D eigenvalue weighted by molar-refractivity contribution is 5.94. The number of carbonyl (C=O) groups is 3. The molecule has 4 N–H and O–H groups in total. The predicted octanol–water partition coefficient (Wildman–Crippen LogP) is 2.84. The number of hydrogen-bond donors (Lipinski definition) is 4. The molecule has 8 nitrogen and oxygen atoms in total. The van der Waals surface area contributed by atoms with Gasteiger partial charge in [-0.25, -0.2) is 0 Å². The van der Waals surface area contributed by atoms with Crippen LogP contribution in [0.1, 0.15) is 59.9 Å². The quantitative estimate of drug-likeness (QED) is 0.452. The molecule has 1 aromatic rings. The van der Waals surface area contributed by atoms with Crippen LogP contribution in [0.15, 0.2) is 30.5 Å². The largest absolute Gasteiger partial charge is 0.487 e. The van der Waals surface area contributed by atoms with E-state index in [1.54, 1.807) is 19.3 Å². The van der Waals surface area contributed by atoms with E-state index < -0.39 is 30.1 Å². The second-order valence-electron chi connectivity index (χ2n) is 9.75. The molecular weight excluding hydrogens is 444 g/mol. The molecule has 2 bridgehead atoms. The van der Waals surface area contributed by atoms with Gasteiger partial charge in [0.1, 0.15) is 23.9 Å². The maximum atomic E-state index is 13.7. The van der Waals surface area contributed by atoms with E-state index in [9.17, 15) is 14.4 Å².